The minimum Gasteiger partial charge on any atom is -0.490 e. The molecule has 0 aliphatic carbocycles. The smallest absolute Gasteiger partial charge is 0.285 e. The van der Waals surface area contributed by atoms with Crippen LogP contribution in [0.15, 0.2) is 66.1 Å². The molecular formula is C21H18N2O3S2. The third kappa shape index (κ3) is 4.49. The highest BCUT2D eigenvalue weighted by atomic mass is 32.2. The van der Waals surface area contributed by atoms with Gasteiger partial charge in [0.05, 0.1) is 4.91 Å². The molecule has 7 heteroatoms. The monoisotopic (exact) mass is 410 g/mol. The van der Waals surface area contributed by atoms with E-state index in [-0.39, 0.29) is 16.1 Å². The Balaban J connectivity index is 1.72. The van der Waals surface area contributed by atoms with Crippen LogP contribution in [0.1, 0.15) is 21.5 Å². The molecule has 0 bridgehead atoms. The molecule has 0 saturated carbocycles. The second-order valence-electron chi connectivity index (χ2n) is 5.94. The van der Waals surface area contributed by atoms with Gasteiger partial charge in [-0.15, -0.1) is 0 Å². The van der Waals surface area contributed by atoms with Gasteiger partial charge < -0.3 is 4.74 Å². The minimum absolute atomic E-state index is 0.282. The number of thiocarbonyl (C=S) groups is 1. The summed E-state index contributed by atoms with van der Waals surface area (Å²) in [5.41, 5.74) is 4.74. The van der Waals surface area contributed by atoms with Crippen LogP contribution in [0.5, 0.6) is 5.75 Å². The van der Waals surface area contributed by atoms with Crippen molar-refractivity contribution in [3.05, 3.63) is 82.8 Å². The van der Waals surface area contributed by atoms with Crippen molar-refractivity contribution < 1.29 is 14.3 Å². The molecule has 1 aliphatic heterocycles. The number of nitrogens with zero attached hydrogens (tertiary/aromatic N) is 1. The predicted octanol–water partition coefficient (Wildman–Crippen LogP) is 4.11. The second kappa shape index (κ2) is 8.86. The summed E-state index contributed by atoms with van der Waals surface area (Å²) < 4.78 is 5.72. The van der Waals surface area contributed by atoms with E-state index in [9.17, 15) is 9.59 Å². The number of carbonyl (C=O) groups is 2. The van der Waals surface area contributed by atoms with Crippen molar-refractivity contribution in [2.45, 2.75) is 6.92 Å². The van der Waals surface area contributed by atoms with E-state index >= 15 is 0 Å². The van der Waals surface area contributed by atoms with Crippen LogP contribution in [0.25, 0.3) is 6.08 Å². The molecule has 3 rings (SSSR count). The van der Waals surface area contributed by atoms with Gasteiger partial charge in [-0.3, -0.25) is 15.0 Å². The molecule has 5 nitrogen and oxygen atoms in total. The normalized spacial score (nSPS) is 15.0. The maximum Gasteiger partial charge on any atom is 0.285 e. The standard InChI is InChI=1S/C21H18N2O3S2/c1-3-12-26-16-10-8-15(9-11-16)13-18-20(25)23(21(27)28-18)22-19(24)17-7-5-4-6-14(17)2/h3-11,13H,1,12H2,2H3,(H,22,24). The van der Waals surface area contributed by atoms with Gasteiger partial charge in [-0.25, -0.2) is 0 Å². The zero-order valence-electron chi connectivity index (χ0n) is 15.2. The maximum absolute atomic E-state index is 12.7. The number of amides is 2. The molecule has 28 heavy (non-hydrogen) atoms. The van der Waals surface area contributed by atoms with Gasteiger partial charge in [0.25, 0.3) is 11.8 Å². The fourth-order valence-corrected chi connectivity index (χ4v) is 3.70. The summed E-state index contributed by atoms with van der Waals surface area (Å²) >= 11 is 6.41. The van der Waals surface area contributed by atoms with Gasteiger partial charge >= 0.3 is 0 Å². The van der Waals surface area contributed by atoms with E-state index in [0.717, 1.165) is 33.6 Å². The summed E-state index contributed by atoms with van der Waals surface area (Å²) in [6, 6.07) is 14.5. The Morgan fingerprint density at radius 1 is 1.25 bits per heavy atom. The summed E-state index contributed by atoms with van der Waals surface area (Å²) in [6.07, 6.45) is 3.40. The first-order valence-corrected chi connectivity index (χ1v) is 9.70. The van der Waals surface area contributed by atoms with Crippen molar-refractivity contribution in [3.8, 4) is 5.75 Å². The van der Waals surface area contributed by atoms with Gasteiger partial charge in [0.15, 0.2) is 4.32 Å². The Bertz CT molecular complexity index is 968. The average Bonchev–Trinajstić information content (AvgIpc) is 2.95. The van der Waals surface area contributed by atoms with Crippen LogP contribution in [0.3, 0.4) is 0 Å². The number of nitrogens with one attached hydrogen (secondary N) is 1. The number of ether oxygens (including phenoxy) is 1. The van der Waals surface area contributed by atoms with Crippen LogP contribution in [0.4, 0.5) is 0 Å². The Morgan fingerprint density at radius 2 is 1.96 bits per heavy atom. The van der Waals surface area contributed by atoms with E-state index < -0.39 is 0 Å². The third-order valence-corrected chi connectivity index (χ3v) is 5.24. The molecule has 1 heterocycles. The van der Waals surface area contributed by atoms with Gasteiger partial charge in [-0.1, -0.05) is 54.7 Å². The fourth-order valence-electron chi connectivity index (χ4n) is 2.52. The quantitative estimate of drug-likeness (QED) is 0.441. The average molecular weight is 411 g/mol. The molecule has 0 aromatic heterocycles. The zero-order valence-corrected chi connectivity index (χ0v) is 16.8. The van der Waals surface area contributed by atoms with Crippen molar-refractivity contribution in [1.82, 2.24) is 10.4 Å². The molecule has 142 valence electrons. The second-order valence-corrected chi connectivity index (χ2v) is 7.62. The molecule has 1 fully saturated rings. The fraction of sp³-hybridized carbons (Fsp3) is 0.0952. The van der Waals surface area contributed by atoms with Crippen molar-refractivity contribution in [3.63, 3.8) is 0 Å². The van der Waals surface area contributed by atoms with Crippen LogP contribution in [-0.2, 0) is 4.79 Å². The Labute approximate surface area is 173 Å². The number of hydrazine groups is 1. The molecule has 1 saturated heterocycles. The van der Waals surface area contributed by atoms with Gasteiger partial charge in [-0.2, -0.15) is 5.01 Å². The van der Waals surface area contributed by atoms with Crippen molar-refractivity contribution in [1.29, 1.82) is 0 Å². The van der Waals surface area contributed by atoms with E-state index in [4.69, 9.17) is 17.0 Å². The van der Waals surface area contributed by atoms with Crippen LogP contribution in [-0.4, -0.2) is 27.8 Å². The van der Waals surface area contributed by atoms with Gasteiger partial charge in [0.2, 0.25) is 0 Å². The number of rotatable bonds is 6. The number of hydrogen-bond donors (Lipinski definition) is 1. The predicted molar refractivity (Wildman–Crippen MR) is 116 cm³/mol. The molecule has 0 spiro atoms. The lowest BCUT2D eigenvalue weighted by molar-refractivity contribution is -0.123. The first-order valence-electron chi connectivity index (χ1n) is 8.48. The molecule has 1 N–H and O–H groups in total. The SMILES string of the molecule is C=CCOc1ccc(C=C2SC(=S)N(NC(=O)c3ccccc3C)C2=O)cc1. The van der Waals surface area contributed by atoms with E-state index in [1.807, 2.05) is 43.3 Å². The number of hydrogen-bond acceptors (Lipinski definition) is 5. The summed E-state index contributed by atoms with van der Waals surface area (Å²) in [5.74, 6) is -0.0154. The van der Waals surface area contributed by atoms with Crippen molar-refractivity contribution in [2.24, 2.45) is 0 Å². The van der Waals surface area contributed by atoms with Crippen molar-refractivity contribution >= 4 is 46.2 Å². The summed E-state index contributed by atoms with van der Waals surface area (Å²) in [6.45, 7) is 5.87. The van der Waals surface area contributed by atoms with Gasteiger partial charge in [0, 0.05) is 5.56 Å². The molecule has 0 atom stereocenters. The molecule has 0 radical (unpaired) electrons. The lowest BCUT2D eigenvalue weighted by atomic mass is 10.1. The first kappa shape index (κ1) is 19.9. The first-order chi connectivity index (χ1) is 13.5. The van der Waals surface area contributed by atoms with Gasteiger partial charge in [-0.05, 0) is 54.5 Å². The Hall–Kier alpha value is -2.90. The van der Waals surface area contributed by atoms with Crippen LogP contribution < -0.4 is 10.2 Å². The number of benzene rings is 2. The molecule has 2 amide bonds. The Kier molecular flexibility index (Phi) is 6.28. The van der Waals surface area contributed by atoms with E-state index in [1.165, 1.54) is 0 Å². The molecule has 2 aromatic carbocycles. The summed E-state index contributed by atoms with van der Waals surface area (Å²) in [4.78, 5) is 25.6. The highest BCUT2D eigenvalue weighted by Gasteiger charge is 2.33. The number of thioether (sulfide) groups is 1. The van der Waals surface area contributed by atoms with Gasteiger partial charge in [0.1, 0.15) is 12.4 Å². The zero-order chi connectivity index (χ0) is 20.1. The largest absolute Gasteiger partial charge is 0.490 e. The molecule has 0 unspecified atom stereocenters. The topological polar surface area (TPSA) is 58.6 Å². The van der Waals surface area contributed by atoms with E-state index in [2.05, 4.69) is 12.0 Å². The highest BCUT2D eigenvalue weighted by molar-refractivity contribution is 8.26. The van der Waals surface area contributed by atoms with Crippen LogP contribution in [0.2, 0.25) is 0 Å². The Morgan fingerprint density at radius 3 is 2.64 bits per heavy atom. The third-order valence-electron chi connectivity index (χ3n) is 3.94. The number of carbonyl (C=O) groups excluding carboxylic acids is 2. The lowest BCUT2D eigenvalue weighted by Crippen LogP contribution is -2.45. The van der Waals surface area contributed by atoms with Crippen LogP contribution >= 0.6 is 24.0 Å². The molecular weight excluding hydrogens is 392 g/mol. The maximum atomic E-state index is 12.7. The summed E-state index contributed by atoms with van der Waals surface area (Å²) in [5, 5.41) is 1.11. The highest BCUT2D eigenvalue weighted by Crippen LogP contribution is 2.31. The number of aryl methyl sites for hydroxylation is 1. The van der Waals surface area contributed by atoms with E-state index in [1.54, 1.807) is 24.3 Å². The lowest BCUT2D eigenvalue weighted by Gasteiger charge is -2.16. The summed E-state index contributed by atoms with van der Waals surface area (Å²) in [7, 11) is 0. The molecule has 2 aromatic rings. The molecule has 1 aliphatic rings. The minimum atomic E-state index is -0.376. The van der Waals surface area contributed by atoms with Crippen molar-refractivity contribution in [2.75, 3.05) is 6.61 Å². The van der Waals surface area contributed by atoms with Crippen LogP contribution in [0, 0.1) is 6.92 Å². The van der Waals surface area contributed by atoms with E-state index in [0.29, 0.717) is 17.1 Å².